The number of hydrogen-bond donors (Lipinski definition) is 2. The molecule has 0 aliphatic carbocycles. The second-order valence-corrected chi connectivity index (χ2v) is 4.45. The van der Waals surface area contributed by atoms with Crippen LogP contribution in [0.4, 0.5) is 0 Å². The van der Waals surface area contributed by atoms with Crippen molar-refractivity contribution in [3.63, 3.8) is 0 Å². The summed E-state index contributed by atoms with van der Waals surface area (Å²) in [6.45, 7) is 1.62. The summed E-state index contributed by atoms with van der Waals surface area (Å²) >= 11 is 0. The largest absolute Gasteiger partial charge is 0.480 e. The van der Waals surface area contributed by atoms with E-state index in [1.54, 1.807) is 0 Å². The van der Waals surface area contributed by atoms with Crippen LogP contribution in [0.3, 0.4) is 0 Å². The highest BCUT2D eigenvalue weighted by Gasteiger charge is 2.18. The average Bonchev–Trinajstić information content (AvgIpc) is 2.83. The van der Waals surface area contributed by atoms with Crippen molar-refractivity contribution in [3.05, 3.63) is 35.4 Å². The zero-order valence-corrected chi connectivity index (χ0v) is 9.63. The van der Waals surface area contributed by atoms with Crippen LogP contribution in [0.25, 0.3) is 0 Å². The van der Waals surface area contributed by atoms with Gasteiger partial charge in [0, 0.05) is 12.5 Å². The first-order valence-corrected chi connectivity index (χ1v) is 5.82. The summed E-state index contributed by atoms with van der Waals surface area (Å²) in [4.78, 5) is 10.6. The molecule has 1 fully saturated rings. The molecule has 1 aliphatic heterocycles. The molecule has 1 aliphatic rings. The second-order valence-electron chi connectivity index (χ2n) is 4.45. The number of hydrogen-bond acceptors (Lipinski definition) is 3. The molecule has 0 aromatic heterocycles. The first-order chi connectivity index (χ1) is 8.16. The highest BCUT2D eigenvalue weighted by atomic mass is 16.5. The van der Waals surface area contributed by atoms with Crippen LogP contribution < -0.4 is 5.73 Å². The van der Waals surface area contributed by atoms with Gasteiger partial charge in [-0.05, 0) is 24.0 Å². The Bertz CT molecular complexity index is 382. The Kier molecular flexibility index (Phi) is 3.76. The van der Waals surface area contributed by atoms with Crippen LogP contribution in [-0.2, 0) is 16.0 Å². The van der Waals surface area contributed by atoms with Crippen molar-refractivity contribution >= 4 is 5.97 Å². The highest BCUT2D eigenvalue weighted by molar-refractivity contribution is 5.73. The normalized spacial score (nSPS) is 21.4. The number of rotatable bonds is 4. The monoisotopic (exact) mass is 235 g/mol. The van der Waals surface area contributed by atoms with Crippen LogP contribution in [0.5, 0.6) is 0 Å². The van der Waals surface area contributed by atoms with E-state index in [2.05, 4.69) is 0 Å². The maximum Gasteiger partial charge on any atom is 0.320 e. The minimum atomic E-state index is -0.960. The van der Waals surface area contributed by atoms with Crippen molar-refractivity contribution in [2.45, 2.75) is 24.8 Å². The van der Waals surface area contributed by atoms with Gasteiger partial charge in [-0.3, -0.25) is 4.79 Å². The molecule has 1 saturated heterocycles. The standard InChI is InChI=1S/C13H17NO3/c14-12(13(15)16)7-9-1-3-10(4-2-9)11-5-6-17-8-11/h1-4,11-12H,5-8,14H2,(H,15,16)/t11?,12-/m0/s1. The van der Waals surface area contributed by atoms with Gasteiger partial charge in [-0.15, -0.1) is 0 Å². The lowest BCUT2D eigenvalue weighted by Gasteiger charge is -2.10. The molecule has 17 heavy (non-hydrogen) atoms. The summed E-state index contributed by atoms with van der Waals surface area (Å²) in [5.41, 5.74) is 7.71. The molecule has 92 valence electrons. The minimum absolute atomic E-state index is 0.372. The van der Waals surface area contributed by atoms with E-state index in [0.29, 0.717) is 12.3 Å². The predicted molar refractivity (Wildman–Crippen MR) is 63.9 cm³/mol. The van der Waals surface area contributed by atoms with Crippen molar-refractivity contribution in [2.24, 2.45) is 5.73 Å². The van der Waals surface area contributed by atoms with E-state index in [1.165, 1.54) is 5.56 Å². The Labute approximate surface area is 100 Å². The van der Waals surface area contributed by atoms with Gasteiger partial charge in [0.1, 0.15) is 6.04 Å². The average molecular weight is 235 g/mol. The van der Waals surface area contributed by atoms with Gasteiger partial charge in [-0.25, -0.2) is 0 Å². The number of aliphatic carboxylic acids is 1. The first-order valence-electron chi connectivity index (χ1n) is 5.82. The lowest BCUT2D eigenvalue weighted by Crippen LogP contribution is -2.32. The molecule has 4 heteroatoms. The molecule has 1 heterocycles. The van der Waals surface area contributed by atoms with Gasteiger partial charge in [0.2, 0.25) is 0 Å². The minimum Gasteiger partial charge on any atom is -0.480 e. The predicted octanol–water partition coefficient (Wildman–Crippen LogP) is 1.14. The van der Waals surface area contributed by atoms with Gasteiger partial charge in [0.25, 0.3) is 0 Å². The zero-order valence-electron chi connectivity index (χ0n) is 9.63. The number of benzene rings is 1. The maximum absolute atomic E-state index is 10.6. The quantitative estimate of drug-likeness (QED) is 0.821. The van der Waals surface area contributed by atoms with E-state index in [-0.39, 0.29) is 0 Å². The number of nitrogens with two attached hydrogens (primary N) is 1. The summed E-state index contributed by atoms with van der Waals surface area (Å²) in [6.07, 6.45) is 1.44. The van der Waals surface area contributed by atoms with Gasteiger partial charge < -0.3 is 15.6 Å². The van der Waals surface area contributed by atoms with Crippen molar-refractivity contribution in [1.29, 1.82) is 0 Å². The van der Waals surface area contributed by atoms with E-state index in [9.17, 15) is 4.79 Å². The lowest BCUT2D eigenvalue weighted by molar-refractivity contribution is -0.138. The summed E-state index contributed by atoms with van der Waals surface area (Å²) < 4.78 is 5.34. The van der Waals surface area contributed by atoms with Crippen LogP contribution in [-0.4, -0.2) is 30.3 Å². The smallest absolute Gasteiger partial charge is 0.320 e. The summed E-state index contributed by atoms with van der Waals surface area (Å²) in [5.74, 6) is -0.476. The van der Waals surface area contributed by atoms with Crippen molar-refractivity contribution in [1.82, 2.24) is 0 Å². The van der Waals surface area contributed by atoms with Gasteiger partial charge in [0.15, 0.2) is 0 Å². The summed E-state index contributed by atoms with van der Waals surface area (Å²) in [7, 11) is 0. The highest BCUT2D eigenvalue weighted by Crippen LogP contribution is 2.25. The SMILES string of the molecule is N[C@@H](Cc1ccc(C2CCOC2)cc1)C(=O)O. The van der Waals surface area contributed by atoms with Crippen molar-refractivity contribution < 1.29 is 14.6 Å². The molecule has 0 bridgehead atoms. The molecule has 0 spiro atoms. The molecule has 0 saturated carbocycles. The first kappa shape index (κ1) is 12.1. The third-order valence-corrected chi connectivity index (χ3v) is 3.15. The number of ether oxygens (including phenoxy) is 1. The molecule has 1 unspecified atom stereocenters. The fraction of sp³-hybridized carbons (Fsp3) is 0.462. The molecule has 4 nitrogen and oxygen atoms in total. The summed E-state index contributed by atoms with van der Waals surface area (Å²) in [5, 5.41) is 8.73. The lowest BCUT2D eigenvalue weighted by atomic mass is 9.96. The third kappa shape index (κ3) is 3.05. The Hall–Kier alpha value is -1.39. The van der Waals surface area contributed by atoms with Crippen LogP contribution in [0.1, 0.15) is 23.5 Å². The van der Waals surface area contributed by atoms with Gasteiger partial charge in [-0.2, -0.15) is 0 Å². The van der Waals surface area contributed by atoms with Crippen LogP contribution >= 0.6 is 0 Å². The number of carboxylic acid groups (broad SMARTS) is 1. The van der Waals surface area contributed by atoms with Crippen LogP contribution in [0, 0.1) is 0 Å². The molecule has 1 aromatic rings. The van der Waals surface area contributed by atoms with Crippen LogP contribution in [0.2, 0.25) is 0 Å². The Morgan fingerprint density at radius 3 is 2.71 bits per heavy atom. The zero-order chi connectivity index (χ0) is 12.3. The van der Waals surface area contributed by atoms with E-state index in [4.69, 9.17) is 15.6 Å². The Balaban J connectivity index is 2.00. The van der Waals surface area contributed by atoms with E-state index >= 15 is 0 Å². The van der Waals surface area contributed by atoms with E-state index in [0.717, 1.165) is 25.2 Å². The maximum atomic E-state index is 10.6. The van der Waals surface area contributed by atoms with E-state index < -0.39 is 12.0 Å². The fourth-order valence-corrected chi connectivity index (χ4v) is 2.06. The van der Waals surface area contributed by atoms with Crippen LogP contribution in [0.15, 0.2) is 24.3 Å². The Morgan fingerprint density at radius 1 is 1.47 bits per heavy atom. The van der Waals surface area contributed by atoms with Gasteiger partial charge in [0.05, 0.1) is 6.61 Å². The Morgan fingerprint density at radius 2 is 2.18 bits per heavy atom. The van der Waals surface area contributed by atoms with Crippen molar-refractivity contribution in [2.75, 3.05) is 13.2 Å². The molecular weight excluding hydrogens is 218 g/mol. The third-order valence-electron chi connectivity index (χ3n) is 3.15. The van der Waals surface area contributed by atoms with Gasteiger partial charge >= 0.3 is 5.97 Å². The molecule has 3 N–H and O–H groups in total. The second kappa shape index (κ2) is 5.29. The van der Waals surface area contributed by atoms with Gasteiger partial charge in [-0.1, -0.05) is 24.3 Å². The molecule has 2 rings (SSSR count). The van der Waals surface area contributed by atoms with E-state index in [1.807, 2.05) is 24.3 Å². The fourth-order valence-electron chi connectivity index (χ4n) is 2.06. The summed E-state index contributed by atoms with van der Waals surface area (Å²) in [6, 6.07) is 7.18. The molecule has 0 radical (unpaired) electrons. The molecule has 1 aromatic carbocycles. The number of carbonyl (C=O) groups is 1. The molecule has 2 atom stereocenters. The molecular formula is C13H17NO3. The topological polar surface area (TPSA) is 72.5 Å². The van der Waals surface area contributed by atoms with Crippen molar-refractivity contribution in [3.8, 4) is 0 Å². The number of carboxylic acids is 1. The molecule has 0 amide bonds.